The van der Waals surface area contributed by atoms with Crippen molar-refractivity contribution in [3.05, 3.63) is 35.4 Å². The third kappa shape index (κ3) is 5.94. The first-order valence-corrected chi connectivity index (χ1v) is 11.2. The number of sulfone groups is 1. The molecule has 1 aliphatic rings. The van der Waals surface area contributed by atoms with Gasteiger partial charge in [0.05, 0.1) is 29.8 Å². The van der Waals surface area contributed by atoms with Crippen LogP contribution in [0.1, 0.15) is 45.7 Å². The first-order chi connectivity index (χ1) is 12.6. The van der Waals surface area contributed by atoms with Gasteiger partial charge in [0.1, 0.15) is 0 Å². The zero-order valence-corrected chi connectivity index (χ0v) is 18.0. The van der Waals surface area contributed by atoms with Crippen LogP contribution in [0.4, 0.5) is 0 Å². The summed E-state index contributed by atoms with van der Waals surface area (Å²) in [5, 5.41) is 3.30. The van der Waals surface area contributed by atoms with Crippen molar-refractivity contribution in [3.8, 4) is 0 Å². The normalized spacial score (nSPS) is 19.3. The monoisotopic (exact) mass is 395 g/mol. The molecule has 1 aliphatic heterocycles. The molecule has 1 fully saturated rings. The Morgan fingerprint density at radius 3 is 2.67 bits per heavy atom. The highest BCUT2D eigenvalue weighted by Crippen LogP contribution is 2.23. The number of hydrogen-bond acceptors (Lipinski definition) is 4. The molecule has 1 aromatic carbocycles. The van der Waals surface area contributed by atoms with Crippen molar-refractivity contribution in [2.24, 2.45) is 4.99 Å². The van der Waals surface area contributed by atoms with Crippen LogP contribution in [0.3, 0.4) is 0 Å². The van der Waals surface area contributed by atoms with E-state index in [0.29, 0.717) is 26.2 Å². The lowest BCUT2D eigenvalue weighted by Crippen LogP contribution is -2.57. The molecule has 1 aromatic rings. The van der Waals surface area contributed by atoms with Gasteiger partial charge in [0.2, 0.25) is 0 Å². The molecule has 6 nitrogen and oxygen atoms in total. The molecule has 0 unspecified atom stereocenters. The highest BCUT2D eigenvalue weighted by molar-refractivity contribution is 7.92. The molecule has 0 saturated carbocycles. The van der Waals surface area contributed by atoms with E-state index in [1.54, 1.807) is 13.8 Å². The average molecular weight is 396 g/mol. The molecule has 0 atom stereocenters. The summed E-state index contributed by atoms with van der Waals surface area (Å²) in [5.74, 6) is 0.927. The summed E-state index contributed by atoms with van der Waals surface area (Å²) in [6.07, 6.45) is 0.200. The molecule has 0 bridgehead atoms. The van der Waals surface area contributed by atoms with Crippen molar-refractivity contribution in [1.82, 2.24) is 10.2 Å². The van der Waals surface area contributed by atoms with Gasteiger partial charge < -0.3 is 15.0 Å². The average Bonchev–Trinajstić information content (AvgIpc) is 2.59. The summed E-state index contributed by atoms with van der Waals surface area (Å²) >= 11 is 0. The van der Waals surface area contributed by atoms with Gasteiger partial charge in [-0.1, -0.05) is 24.3 Å². The number of guanidine groups is 1. The number of hydrogen-bond donors (Lipinski definition) is 1. The van der Waals surface area contributed by atoms with E-state index >= 15 is 0 Å². The van der Waals surface area contributed by atoms with Crippen LogP contribution >= 0.6 is 0 Å². The van der Waals surface area contributed by atoms with E-state index in [1.807, 2.05) is 26.8 Å². The second-order valence-corrected chi connectivity index (χ2v) is 10.6. The maximum absolute atomic E-state index is 12.3. The van der Waals surface area contributed by atoms with Gasteiger partial charge in [0.15, 0.2) is 15.8 Å². The Kier molecular flexibility index (Phi) is 7.28. The fraction of sp³-hybridized carbons (Fsp3) is 0.650. The van der Waals surface area contributed by atoms with Crippen LogP contribution < -0.4 is 5.32 Å². The highest BCUT2D eigenvalue weighted by atomic mass is 32.2. The fourth-order valence-corrected chi connectivity index (χ4v) is 4.36. The molecule has 1 N–H and O–H groups in total. The second-order valence-electron chi connectivity index (χ2n) is 7.85. The molecule has 0 aliphatic carbocycles. The summed E-state index contributed by atoms with van der Waals surface area (Å²) in [4.78, 5) is 6.80. The van der Waals surface area contributed by atoms with Crippen molar-refractivity contribution in [2.45, 2.75) is 58.6 Å². The van der Waals surface area contributed by atoms with E-state index in [2.05, 4.69) is 28.4 Å². The lowest BCUT2D eigenvalue weighted by Gasteiger charge is -2.39. The molecule has 1 saturated heterocycles. The first kappa shape index (κ1) is 21.7. The SMILES string of the molecule is CCNC(=NCc1cccc(COC(C)C)c1)N1CCS(=O)(=O)C(C)(C)C1. The molecule has 7 heteroatoms. The minimum absolute atomic E-state index is 0.159. The van der Waals surface area contributed by atoms with E-state index in [-0.39, 0.29) is 11.9 Å². The van der Waals surface area contributed by atoms with E-state index in [0.717, 1.165) is 23.6 Å². The Hall–Kier alpha value is -1.60. The quantitative estimate of drug-likeness (QED) is 0.592. The molecule has 0 amide bonds. The molecule has 0 spiro atoms. The van der Waals surface area contributed by atoms with Crippen LogP contribution in [-0.2, 0) is 27.7 Å². The van der Waals surface area contributed by atoms with Crippen molar-refractivity contribution >= 4 is 15.8 Å². The third-order valence-corrected chi connectivity index (χ3v) is 7.20. The maximum atomic E-state index is 12.3. The Labute approximate surface area is 163 Å². The molecular weight excluding hydrogens is 362 g/mol. The zero-order chi connectivity index (χ0) is 20.1. The van der Waals surface area contributed by atoms with Crippen LogP contribution in [0.25, 0.3) is 0 Å². The van der Waals surface area contributed by atoms with Crippen LogP contribution in [-0.4, -0.2) is 55.5 Å². The van der Waals surface area contributed by atoms with Crippen molar-refractivity contribution in [1.29, 1.82) is 0 Å². The fourth-order valence-electron chi connectivity index (χ4n) is 3.00. The minimum Gasteiger partial charge on any atom is -0.374 e. The molecule has 0 radical (unpaired) electrons. The minimum atomic E-state index is -3.07. The maximum Gasteiger partial charge on any atom is 0.194 e. The summed E-state index contributed by atoms with van der Waals surface area (Å²) in [6, 6.07) is 8.24. The second kappa shape index (κ2) is 9.06. The molecule has 152 valence electrons. The van der Waals surface area contributed by atoms with Crippen molar-refractivity contribution < 1.29 is 13.2 Å². The van der Waals surface area contributed by atoms with Crippen LogP contribution in [0.5, 0.6) is 0 Å². The summed E-state index contributed by atoms with van der Waals surface area (Å²) in [5.41, 5.74) is 2.24. The molecule has 0 aromatic heterocycles. The van der Waals surface area contributed by atoms with Gasteiger partial charge in [-0.05, 0) is 45.7 Å². The highest BCUT2D eigenvalue weighted by Gasteiger charge is 2.40. The molecule has 2 rings (SSSR count). The summed E-state index contributed by atoms with van der Waals surface area (Å²) in [6.45, 7) is 12.4. The number of aliphatic imine (C=N–C) groups is 1. The Bertz CT molecular complexity index is 757. The van der Waals surface area contributed by atoms with E-state index in [9.17, 15) is 8.42 Å². The van der Waals surface area contributed by atoms with Gasteiger partial charge in [-0.25, -0.2) is 13.4 Å². The Balaban J connectivity index is 2.11. The number of nitrogens with one attached hydrogen (secondary N) is 1. The first-order valence-electron chi connectivity index (χ1n) is 9.59. The molecular formula is C20H33N3O3S. The van der Waals surface area contributed by atoms with Gasteiger partial charge in [0, 0.05) is 19.6 Å². The number of rotatable bonds is 6. The lowest BCUT2D eigenvalue weighted by atomic mass is 10.1. The predicted octanol–water partition coefficient (Wildman–Crippen LogP) is 2.59. The smallest absolute Gasteiger partial charge is 0.194 e. The van der Waals surface area contributed by atoms with Gasteiger partial charge in [0.25, 0.3) is 0 Å². The Morgan fingerprint density at radius 2 is 2.04 bits per heavy atom. The van der Waals surface area contributed by atoms with Crippen LogP contribution in [0.15, 0.2) is 29.3 Å². The van der Waals surface area contributed by atoms with E-state index < -0.39 is 14.6 Å². The van der Waals surface area contributed by atoms with Gasteiger partial charge in [-0.3, -0.25) is 0 Å². The van der Waals surface area contributed by atoms with Gasteiger partial charge in [-0.15, -0.1) is 0 Å². The largest absolute Gasteiger partial charge is 0.374 e. The van der Waals surface area contributed by atoms with E-state index in [1.165, 1.54) is 0 Å². The van der Waals surface area contributed by atoms with E-state index in [4.69, 9.17) is 9.73 Å². The number of ether oxygens (including phenoxy) is 1. The number of benzene rings is 1. The number of nitrogens with zero attached hydrogens (tertiary/aromatic N) is 2. The lowest BCUT2D eigenvalue weighted by molar-refractivity contribution is 0.0657. The zero-order valence-electron chi connectivity index (χ0n) is 17.2. The van der Waals surface area contributed by atoms with Crippen LogP contribution in [0, 0.1) is 0 Å². The van der Waals surface area contributed by atoms with Gasteiger partial charge in [-0.2, -0.15) is 0 Å². The molecule has 1 heterocycles. The topological polar surface area (TPSA) is 71.0 Å². The third-order valence-electron chi connectivity index (χ3n) is 4.66. The summed E-state index contributed by atoms with van der Waals surface area (Å²) in [7, 11) is -3.07. The molecule has 27 heavy (non-hydrogen) atoms. The Morgan fingerprint density at radius 1 is 1.33 bits per heavy atom. The standard InChI is InChI=1S/C20H33N3O3S/c1-6-21-19(23-10-11-27(24,25)20(4,5)15-23)22-13-17-8-7-9-18(12-17)14-26-16(2)3/h7-9,12,16H,6,10-11,13-15H2,1-5H3,(H,21,22). The predicted molar refractivity (Wildman–Crippen MR) is 111 cm³/mol. The van der Waals surface area contributed by atoms with Gasteiger partial charge >= 0.3 is 0 Å². The van der Waals surface area contributed by atoms with Crippen LogP contribution in [0.2, 0.25) is 0 Å². The van der Waals surface area contributed by atoms with Crippen molar-refractivity contribution in [2.75, 3.05) is 25.4 Å². The summed E-state index contributed by atoms with van der Waals surface area (Å²) < 4.78 is 29.4. The van der Waals surface area contributed by atoms with Crippen molar-refractivity contribution in [3.63, 3.8) is 0 Å².